The second-order valence-electron chi connectivity index (χ2n) is 5.00. The molecule has 94 valence electrons. The van der Waals surface area contributed by atoms with Crippen LogP contribution in [0.4, 0.5) is 0 Å². The van der Waals surface area contributed by atoms with Crippen LogP contribution in [0.2, 0.25) is 6.04 Å². The van der Waals surface area contributed by atoms with Gasteiger partial charge in [-0.1, -0.05) is 18.5 Å². The van der Waals surface area contributed by atoms with Gasteiger partial charge in [-0.05, 0) is 50.2 Å². The molecule has 17 heavy (non-hydrogen) atoms. The molecule has 0 saturated heterocycles. The summed E-state index contributed by atoms with van der Waals surface area (Å²) in [5.74, 6) is 1.37. The second-order valence-corrected chi connectivity index (χ2v) is 5.58. The summed E-state index contributed by atoms with van der Waals surface area (Å²) < 4.78 is 5.94. The predicted molar refractivity (Wildman–Crippen MR) is 71.3 cm³/mol. The molecule has 0 aromatic carbocycles. The third kappa shape index (κ3) is 3.46. The van der Waals surface area contributed by atoms with Crippen LogP contribution in [0, 0.1) is 5.92 Å². The Balaban J connectivity index is 1.91. The molecule has 0 spiro atoms. The maximum Gasteiger partial charge on any atom is 0.125 e. The molecule has 2 nitrogen and oxygen atoms in total. The van der Waals surface area contributed by atoms with Crippen molar-refractivity contribution in [1.29, 1.82) is 0 Å². The number of ether oxygens (including phenoxy) is 1. The summed E-state index contributed by atoms with van der Waals surface area (Å²) in [6.45, 7) is 0. The molecule has 3 atom stereocenters. The summed E-state index contributed by atoms with van der Waals surface area (Å²) in [5.41, 5.74) is 0. The lowest BCUT2D eigenvalue weighted by molar-refractivity contribution is -0.0585. The fraction of sp³-hybridized carbons (Fsp3) is 0.714. The molecule has 0 bridgehead atoms. The molecule has 2 rings (SSSR count). The van der Waals surface area contributed by atoms with Crippen molar-refractivity contribution < 1.29 is 9.84 Å². The van der Waals surface area contributed by atoms with Gasteiger partial charge in [0, 0.05) is 10.2 Å². The molecule has 3 heteroatoms. The lowest BCUT2D eigenvalue weighted by atomic mass is 9.83. The molecule has 0 aromatic rings. The Bertz CT molecular complexity index is 297. The number of hydrogen-bond acceptors (Lipinski definition) is 2. The monoisotopic (exact) mass is 250 g/mol. The van der Waals surface area contributed by atoms with Gasteiger partial charge in [-0.3, -0.25) is 0 Å². The molecule has 0 aromatic heterocycles. The number of hydrogen-bond donors (Lipinski definition) is 1. The molecule has 0 amide bonds. The predicted octanol–water partition coefficient (Wildman–Crippen LogP) is 2.48. The van der Waals surface area contributed by atoms with Crippen molar-refractivity contribution >= 4 is 10.2 Å². The molecule has 0 aliphatic heterocycles. The lowest BCUT2D eigenvalue weighted by Crippen LogP contribution is -2.39. The van der Waals surface area contributed by atoms with E-state index in [4.69, 9.17) is 4.74 Å². The Morgan fingerprint density at radius 2 is 2.24 bits per heavy atom. The van der Waals surface area contributed by atoms with Crippen LogP contribution in [0.1, 0.15) is 38.5 Å². The van der Waals surface area contributed by atoms with Crippen LogP contribution in [0.25, 0.3) is 0 Å². The van der Waals surface area contributed by atoms with Crippen molar-refractivity contribution in [2.24, 2.45) is 5.92 Å². The molecule has 1 N–H and O–H groups in total. The van der Waals surface area contributed by atoms with E-state index in [0.717, 1.165) is 43.9 Å². The topological polar surface area (TPSA) is 29.5 Å². The molecule has 2 aliphatic carbocycles. The van der Waals surface area contributed by atoms with Crippen molar-refractivity contribution in [3.8, 4) is 0 Å². The molecular weight excluding hydrogens is 228 g/mol. The Hall–Kier alpha value is -0.543. The Morgan fingerprint density at radius 3 is 2.94 bits per heavy atom. The van der Waals surface area contributed by atoms with Crippen LogP contribution < -0.4 is 0 Å². The summed E-state index contributed by atoms with van der Waals surface area (Å²) in [6, 6.07) is 1.07. The summed E-state index contributed by atoms with van der Waals surface area (Å²) in [6.07, 6.45) is 12.6. The second kappa shape index (κ2) is 6.41. The standard InChI is InChI=1S/C14H22O2Si/c15-14-11(9-10-17)5-4-8-13(14)16-12-6-2-1-3-7-12/h2,6-7,11,13-15,17H,1,3-5,8-10H2. The van der Waals surface area contributed by atoms with E-state index < -0.39 is 0 Å². The average molecular weight is 250 g/mol. The van der Waals surface area contributed by atoms with Gasteiger partial charge < -0.3 is 9.84 Å². The van der Waals surface area contributed by atoms with E-state index in [9.17, 15) is 5.11 Å². The minimum Gasteiger partial charge on any atom is -0.488 e. The lowest BCUT2D eigenvalue weighted by Gasteiger charge is -2.35. The van der Waals surface area contributed by atoms with E-state index >= 15 is 0 Å². The molecular formula is C14H22O2Si. The summed E-state index contributed by atoms with van der Waals surface area (Å²) in [5, 5.41) is 10.3. The van der Waals surface area contributed by atoms with E-state index in [1.807, 2.05) is 6.08 Å². The Labute approximate surface area is 107 Å². The molecule has 3 unspecified atom stereocenters. The van der Waals surface area contributed by atoms with E-state index in [0.29, 0.717) is 5.92 Å². The summed E-state index contributed by atoms with van der Waals surface area (Å²) in [4.78, 5) is 0. The first-order chi connectivity index (χ1) is 8.31. The Kier molecular flexibility index (Phi) is 4.86. The van der Waals surface area contributed by atoms with E-state index in [1.165, 1.54) is 6.42 Å². The van der Waals surface area contributed by atoms with Crippen molar-refractivity contribution in [3.05, 3.63) is 24.0 Å². The zero-order chi connectivity index (χ0) is 12.1. The van der Waals surface area contributed by atoms with Gasteiger partial charge in [0.15, 0.2) is 0 Å². The minimum atomic E-state index is -0.291. The van der Waals surface area contributed by atoms with Crippen molar-refractivity contribution in [1.82, 2.24) is 0 Å². The molecule has 2 aliphatic rings. The summed E-state index contributed by atoms with van der Waals surface area (Å²) >= 11 is 0. The van der Waals surface area contributed by atoms with Gasteiger partial charge >= 0.3 is 0 Å². The fourth-order valence-corrected chi connectivity index (χ4v) is 3.16. The van der Waals surface area contributed by atoms with Crippen molar-refractivity contribution in [2.75, 3.05) is 0 Å². The molecule has 1 saturated carbocycles. The van der Waals surface area contributed by atoms with Crippen LogP contribution in [-0.4, -0.2) is 27.6 Å². The molecule has 2 radical (unpaired) electrons. The fourth-order valence-electron chi connectivity index (χ4n) is 2.74. The first-order valence-corrected chi connectivity index (χ1v) is 7.54. The van der Waals surface area contributed by atoms with Gasteiger partial charge in [0.2, 0.25) is 0 Å². The van der Waals surface area contributed by atoms with Gasteiger partial charge in [0.1, 0.15) is 11.9 Å². The number of allylic oxidation sites excluding steroid dienone is 3. The maximum absolute atomic E-state index is 10.3. The van der Waals surface area contributed by atoms with Crippen LogP contribution >= 0.6 is 0 Å². The first-order valence-electron chi connectivity index (χ1n) is 6.72. The summed E-state index contributed by atoms with van der Waals surface area (Å²) in [7, 11) is 2.75. The normalized spacial score (nSPS) is 33.3. The third-order valence-electron chi connectivity index (χ3n) is 3.71. The third-order valence-corrected chi connectivity index (χ3v) is 4.05. The Morgan fingerprint density at radius 1 is 1.35 bits per heavy atom. The maximum atomic E-state index is 10.3. The van der Waals surface area contributed by atoms with Crippen LogP contribution in [-0.2, 0) is 4.74 Å². The highest BCUT2D eigenvalue weighted by Gasteiger charge is 2.32. The number of rotatable bonds is 4. The van der Waals surface area contributed by atoms with Gasteiger partial charge in [-0.25, -0.2) is 0 Å². The van der Waals surface area contributed by atoms with Crippen molar-refractivity contribution in [2.45, 2.75) is 56.8 Å². The van der Waals surface area contributed by atoms with Gasteiger partial charge in [-0.2, -0.15) is 0 Å². The van der Waals surface area contributed by atoms with Crippen LogP contribution in [0.3, 0.4) is 0 Å². The van der Waals surface area contributed by atoms with Crippen LogP contribution in [0.15, 0.2) is 24.0 Å². The minimum absolute atomic E-state index is 0.000648. The zero-order valence-corrected chi connectivity index (χ0v) is 11.5. The highest BCUT2D eigenvalue weighted by molar-refractivity contribution is 6.08. The highest BCUT2D eigenvalue weighted by Crippen LogP contribution is 2.31. The van der Waals surface area contributed by atoms with Gasteiger partial charge in [0.25, 0.3) is 0 Å². The zero-order valence-electron chi connectivity index (χ0n) is 10.3. The largest absolute Gasteiger partial charge is 0.488 e. The SMILES string of the molecule is OC1C(CC[SiH])CCCC1OC1=CCCC=C1. The van der Waals surface area contributed by atoms with Crippen molar-refractivity contribution in [3.63, 3.8) is 0 Å². The highest BCUT2D eigenvalue weighted by atomic mass is 28.1. The average Bonchev–Trinajstić information content (AvgIpc) is 2.36. The number of aliphatic hydroxyl groups is 1. The van der Waals surface area contributed by atoms with E-state index in [2.05, 4.69) is 22.4 Å². The smallest absolute Gasteiger partial charge is 0.125 e. The van der Waals surface area contributed by atoms with E-state index in [-0.39, 0.29) is 12.2 Å². The van der Waals surface area contributed by atoms with E-state index in [1.54, 1.807) is 0 Å². The van der Waals surface area contributed by atoms with Gasteiger partial charge in [-0.15, -0.1) is 0 Å². The number of aliphatic hydroxyl groups excluding tert-OH is 1. The first kappa shape index (κ1) is 12.9. The quantitative estimate of drug-likeness (QED) is 0.777. The van der Waals surface area contributed by atoms with Gasteiger partial charge in [0.05, 0.1) is 6.10 Å². The van der Waals surface area contributed by atoms with Crippen LogP contribution in [0.5, 0.6) is 0 Å². The molecule has 0 heterocycles. The molecule has 1 fully saturated rings.